The van der Waals surface area contributed by atoms with E-state index in [1.807, 2.05) is 24.3 Å². The van der Waals surface area contributed by atoms with Crippen LogP contribution in [0.4, 0.5) is 0 Å². The third-order valence-electron chi connectivity index (χ3n) is 2.79. The van der Waals surface area contributed by atoms with Gasteiger partial charge in [0.25, 0.3) is 0 Å². The molecule has 1 aromatic carbocycles. The van der Waals surface area contributed by atoms with Gasteiger partial charge in [-0.15, -0.1) is 0 Å². The lowest BCUT2D eigenvalue weighted by molar-refractivity contribution is 0.657. The van der Waals surface area contributed by atoms with Gasteiger partial charge in [-0.3, -0.25) is 0 Å². The number of hydrogen-bond acceptors (Lipinski definition) is 3. The zero-order valence-electron chi connectivity index (χ0n) is 8.27. The molecule has 4 rings (SSSR count). The summed E-state index contributed by atoms with van der Waals surface area (Å²) in [6.45, 7) is 0. The molecule has 0 bridgehead atoms. The van der Waals surface area contributed by atoms with E-state index in [9.17, 15) is 0 Å². The number of para-hydroxylation sites is 1. The molecule has 4 nitrogen and oxygen atoms in total. The Kier molecular flexibility index (Phi) is 1.28. The van der Waals surface area contributed by atoms with Crippen molar-refractivity contribution in [1.82, 2.24) is 15.0 Å². The number of H-pyrrole nitrogens is 1. The van der Waals surface area contributed by atoms with Gasteiger partial charge in [-0.2, -0.15) is 0 Å². The average Bonchev–Trinajstić information content (AvgIpc) is 2.83. The summed E-state index contributed by atoms with van der Waals surface area (Å²) in [4.78, 5) is 11.4. The van der Waals surface area contributed by atoms with Gasteiger partial charge in [0.05, 0.1) is 17.1 Å². The van der Waals surface area contributed by atoms with Crippen molar-refractivity contribution in [1.29, 1.82) is 0 Å². The molecule has 4 heteroatoms. The molecule has 0 spiro atoms. The summed E-state index contributed by atoms with van der Waals surface area (Å²) >= 11 is 0. The van der Waals surface area contributed by atoms with E-state index < -0.39 is 0 Å². The minimum atomic E-state index is 0.761. The average molecular weight is 209 g/mol. The molecular formula is C12H7N3O. The van der Waals surface area contributed by atoms with Gasteiger partial charge in [-0.25, -0.2) is 9.97 Å². The molecule has 0 radical (unpaired) electrons. The van der Waals surface area contributed by atoms with E-state index in [1.165, 1.54) is 0 Å². The van der Waals surface area contributed by atoms with Gasteiger partial charge in [0, 0.05) is 5.39 Å². The first-order valence-electron chi connectivity index (χ1n) is 5.02. The topological polar surface area (TPSA) is 54.7 Å². The van der Waals surface area contributed by atoms with Crippen LogP contribution in [0.25, 0.3) is 33.1 Å². The second kappa shape index (κ2) is 2.61. The van der Waals surface area contributed by atoms with Gasteiger partial charge in [0.1, 0.15) is 17.4 Å². The standard InChI is InChI=1S/C12H7N3O/c1-2-4-9-7(3-1)10-11-8(5-13-6-14-11)15-12(10)16-9/h1-6,15H. The van der Waals surface area contributed by atoms with E-state index >= 15 is 0 Å². The quantitative estimate of drug-likeness (QED) is 0.484. The van der Waals surface area contributed by atoms with Crippen LogP contribution in [0.3, 0.4) is 0 Å². The summed E-state index contributed by atoms with van der Waals surface area (Å²) in [5.74, 6) is 0. The zero-order valence-corrected chi connectivity index (χ0v) is 8.27. The van der Waals surface area contributed by atoms with Crippen molar-refractivity contribution in [2.24, 2.45) is 0 Å². The first-order chi connectivity index (χ1) is 7.93. The molecule has 3 heterocycles. The van der Waals surface area contributed by atoms with Gasteiger partial charge in [0.15, 0.2) is 0 Å². The number of aromatic amines is 1. The van der Waals surface area contributed by atoms with Gasteiger partial charge in [-0.05, 0) is 6.07 Å². The third kappa shape index (κ3) is 0.839. The zero-order chi connectivity index (χ0) is 10.5. The van der Waals surface area contributed by atoms with Gasteiger partial charge in [0.2, 0.25) is 5.71 Å². The molecule has 76 valence electrons. The summed E-state index contributed by atoms with van der Waals surface area (Å²) in [6, 6.07) is 7.95. The van der Waals surface area contributed by atoms with Crippen molar-refractivity contribution in [2.75, 3.05) is 0 Å². The van der Waals surface area contributed by atoms with E-state index in [4.69, 9.17) is 4.42 Å². The first kappa shape index (κ1) is 7.87. The number of nitrogens with one attached hydrogen (secondary N) is 1. The van der Waals surface area contributed by atoms with Crippen LogP contribution < -0.4 is 0 Å². The summed E-state index contributed by atoms with van der Waals surface area (Å²) in [5.41, 5.74) is 3.46. The number of aromatic nitrogens is 3. The van der Waals surface area contributed by atoms with Crippen LogP contribution in [-0.2, 0) is 0 Å². The third-order valence-corrected chi connectivity index (χ3v) is 2.79. The Labute approximate surface area is 89.9 Å². The molecule has 3 aromatic heterocycles. The fourth-order valence-corrected chi connectivity index (χ4v) is 2.11. The summed E-state index contributed by atoms with van der Waals surface area (Å²) in [5, 5.41) is 2.12. The normalized spacial score (nSPS) is 11.8. The van der Waals surface area contributed by atoms with Crippen molar-refractivity contribution in [3.63, 3.8) is 0 Å². The maximum absolute atomic E-state index is 5.71. The minimum absolute atomic E-state index is 0.761. The second-order valence-corrected chi connectivity index (χ2v) is 3.71. The largest absolute Gasteiger partial charge is 0.440 e. The van der Waals surface area contributed by atoms with Crippen molar-refractivity contribution < 1.29 is 4.42 Å². The predicted octanol–water partition coefficient (Wildman–Crippen LogP) is 2.86. The lowest BCUT2D eigenvalue weighted by Crippen LogP contribution is -1.76. The molecule has 0 aliphatic carbocycles. The molecule has 0 saturated carbocycles. The molecule has 0 saturated heterocycles. The van der Waals surface area contributed by atoms with Crippen LogP contribution in [-0.4, -0.2) is 15.0 Å². The van der Waals surface area contributed by atoms with E-state index in [2.05, 4.69) is 15.0 Å². The maximum atomic E-state index is 5.71. The van der Waals surface area contributed by atoms with Crippen molar-refractivity contribution in [3.8, 4) is 0 Å². The van der Waals surface area contributed by atoms with Crippen LogP contribution in [0.5, 0.6) is 0 Å². The minimum Gasteiger partial charge on any atom is -0.440 e. The van der Waals surface area contributed by atoms with Crippen LogP contribution >= 0.6 is 0 Å². The van der Waals surface area contributed by atoms with E-state index in [1.54, 1.807) is 12.5 Å². The summed E-state index contributed by atoms with van der Waals surface area (Å²) < 4.78 is 5.71. The molecule has 1 N–H and O–H groups in total. The number of fused-ring (bicyclic) bond motifs is 5. The van der Waals surface area contributed by atoms with Crippen LogP contribution in [0.2, 0.25) is 0 Å². The Hall–Kier alpha value is -2.36. The van der Waals surface area contributed by atoms with Crippen molar-refractivity contribution in [2.45, 2.75) is 0 Å². The van der Waals surface area contributed by atoms with Crippen LogP contribution in [0.15, 0.2) is 41.2 Å². The van der Waals surface area contributed by atoms with E-state index in [0.717, 1.165) is 33.1 Å². The van der Waals surface area contributed by atoms with E-state index in [0.29, 0.717) is 0 Å². The van der Waals surface area contributed by atoms with Gasteiger partial charge >= 0.3 is 0 Å². The number of hydrogen-bond donors (Lipinski definition) is 1. The molecule has 0 amide bonds. The van der Waals surface area contributed by atoms with Crippen molar-refractivity contribution >= 4 is 33.1 Å². The molecule has 0 aliphatic rings. The summed E-state index contributed by atoms with van der Waals surface area (Å²) in [6.07, 6.45) is 3.31. The highest BCUT2D eigenvalue weighted by Gasteiger charge is 2.13. The Morgan fingerprint density at radius 3 is 3.12 bits per heavy atom. The summed E-state index contributed by atoms with van der Waals surface area (Å²) in [7, 11) is 0. The van der Waals surface area contributed by atoms with Crippen LogP contribution in [0.1, 0.15) is 0 Å². The van der Waals surface area contributed by atoms with Crippen molar-refractivity contribution in [3.05, 3.63) is 36.8 Å². The molecule has 0 unspecified atom stereocenters. The number of benzene rings is 1. The SMILES string of the molecule is c1ccc2c(c1)oc1[nH]c3cncnc3c12. The van der Waals surface area contributed by atoms with E-state index in [-0.39, 0.29) is 0 Å². The highest BCUT2D eigenvalue weighted by Crippen LogP contribution is 2.32. The molecule has 0 atom stereocenters. The maximum Gasteiger partial charge on any atom is 0.208 e. The molecular weight excluding hydrogens is 202 g/mol. The second-order valence-electron chi connectivity index (χ2n) is 3.71. The highest BCUT2D eigenvalue weighted by atomic mass is 16.3. The lowest BCUT2D eigenvalue weighted by Gasteiger charge is -1.88. The number of rotatable bonds is 0. The van der Waals surface area contributed by atoms with Gasteiger partial charge < -0.3 is 9.40 Å². The Morgan fingerprint density at radius 2 is 2.12 bits per heavy atom. The Morgan fingerprint density at radius 1 is 1.19 bits per heavy atom. The number of nitrogens with zero attached hydrogens (tertiary/aromatic N) is 2. The molecule has 16 heavy (non-hydrogen) atoms. The molecule has 0 aliphatic heterocycles. The highest BCUT2D eigenvalue weighted by molar-refractivity contribution is 6.16. The fraction of sp³-hybridized carbons (Fsp3) is 0. The monoisotopic (exact) mass is 209 g/mol. The number of furan rings is 1. The fourth-order valence-electron chi connectivity index (χ4n) is 2.11. The lowest BCUT2D eigenvalue weighted by atomic mass is 10.2. The smallest absolute Gasteiger partial charge is 0.208 e. The van der Waals surface area contributed by atoms with Crippen LogP contribution in [0, 0.1) is 0 Å². The molecule has 0 fully saturated rings. The first-order valence-corrected chi connectivity index (χ1v) is 5.02. The Balaban J connectivity index is 2.38. The molecule has 4 aromatic rings. The van der Waals surface area contributed by atoms with Gasteiger partial charge in [-0.1, -0.05) is 18.2 Å². The predicted molar refractivity (Wildman–Crippen MR) is 61.2 cm³/mol. The Bertz CT molecular complexity index is 747.